The van der Waals surface area contributed by atoms with Gasteiger partial charge in [0, 0.05) is 17.5 Å². The Balaban J connectivity index is 1.93. The first-order chi connectivity index (χ1) is 13.1. The highest BCUT2D eigenvalue weighted by atomic mass is 16.6. The highest BCUT2D eigenvalue weighted by molar-refractivity contribution is 5.87. The minimum absolute atomic E-state index is 0.0759. The zero-order chi connectivity index (χ0) is 20.2. The molecule has 0 atom stereocenters. The van der Waals surface area contributed by atoms with Crippen LogP contribution in [0.2, 0.25) is 0 Å². The summed E-state index contributed by atoms with van der Waals surface area (Å²) in [5.41, 5.74) is 1.15. The molecule has 8 nitrogen and oxygen atoms in total. The van der Waals surface area contributed by atoms with Crippen LogP contribution in [0.4, 0.5) is 5.69 Å². The molecule has 0 aliphatic heterocycles. The molecule has 0 aliphatic carbocycles. The van der Waals surface area contributed by atoms with Gasteiger partial charge in [-0.1, -0.05) is 20.8 Å². The average molecular weight is 379 g/mol. The van der Waals surface area contributed by atoms with Crippen LogP contribution in [-0.4, -0.2) is 20.0 Å². The minimum atomic E-state index is -0.667. The number of phenolic OH excluding ortho intramolecular Hbond substituents is 1. The number of non-ortho nitro benzene ring substituents is 1. The molecule has 0 amide bonds. The van der Waals surface area contributed by atoms with E-state index in [9.17, 15) is 20.0 Å². The van der Waals surface area contributed by atoms with Crippen LogP contribution in [0.3, 0.4) is 0 Å². The molecule has 0 saturated carbocycles. The number of imidazole rings is 1. The summed E-state index contributed by atoms with van der Waals surface area (Å²) in [7, 11) is 0. The Bertz CT molecular complexity index is 1310. The van der Waals surface area contributed by atoms with Gasteiger partial charge in [0.05, 0.1) is 16.0 Å². The monoisotopic (exact) mass is 379 g/mol. The van der Waals surface area contributed by atoms with E-state index >= 15 is 0 Å². The predicted octanol–water partition coefficient (Wildman–Crippen LogP) is 4.25. The van der Waals surface area contributed by atoms with Crippen molar-refractivity contribution in [2.24, 2.45) is 0 Å². The lowest BCUT2D eigenvalue weighted by Gasteiger charge is -2.19. The molecule has 0 aliphatic rings. The number of fused-ring (bicyclic) bond motifs is 2. The van der Waals surface area contributed by atoms with E-state index in [4.69, 9.17) is 4.42 Å². The third kappa shape index (κ3) is 2.88. The normalized spacial score (nSPS) is 12.0. The summed E-state index contributed by atoms with van der Waals surface area (Å²) in [4.78, 5) is 30.2. The zero-order valence-electron chi connectivity index (χ0n) is 15.4. The van der Waals surface area contributed by atoms with Crippen LogP contribution < -0.4 is 5.63 Å². The van der Waals surface area contributed by atoms with Gasteiger partial charge in [-0.05, 0) is 35.2 Å². The molecule has 0 spiro atoms. The molecule has 0 unspecified atom stereocenters. The summed E-state index contributed by atoms with van der Waals surface area (Å²) < 4.78 is 5.33. The van der Waals surface area contributed by atoms with E-state index in [0.29, 0.717) is 16.4 Å². The van der Waals surface area contributed by atoms with Crippen LogP contribution in [0, 0.1) is 10.1 Å². The van der Waals surface area contributed by atoms with E-state index in [1.807, 2.05) is 26.8 Å². The Kier molecular flexibility index (Phi) is 3.74. The minimum Gasteiger partial charge on any atom is -0.504 e. The molecule has 4 aromatic rings. The molecular formula is C20H17N3O5. The summed E-state index contributed by atoms with van der Waals surface area (Å²) >= 11 is 0. The van der Waals surface area contributed by atoms with Crippen molar-refractivity contribution < 1.29 is 14.4 Å². The molecule has 2 aromatic carbocycles. The predicted molar refractivity (Wildman–Crippen MR) is 105 cm³/mol. The number of nitro benzene ring substituents is 1. The van der Waals surface area contributed by atoms with Crippen molar-refractivity contribution in [1.29, 1.82) is 0 Å². The third-order valence-electron chi connectivity index (χ3n) is 4.61. The van der Waals surface area contributed by atoms with Gasteiger partial charge < -0.3 is 14.5 Å². The number of aromatic nitrogens is 2. The molecule has 4 rings (SSSR count). The Hall–Kier alpha value is -3.68. The van der Waals surface area contributed by atoms with Gasteiger partial charge in [-0.3, -0.25) is 10.1 Å². The fourth-order valence-corrected chi connectivity index (χ4v) is 3.05. The maximum Gasteiger partial charge on any atom is 0.347 e. The topological polar surface area (TPSA) is 122 Å². The highest BCUT2D eigenvalue weighted by Crippen LogP contribution is 2.33. The molecule has 2 heterocycles. The number of nitro groups is 1. The van der Waals surface area contributed by atoms with Crippen LogP contribution in [0.15, 0.2) is 45.6 Å². The summed E-state index contributed by atoms with van der Waals surface area (Å²) in [6.45, 7) is 6.04. The quantitative estimate of drug-likeness (QED) is 0.305. The first-order valence-corrected chi connectivity index (χ1v) is 8.59. The van der Waals surface area contributed by atoms with E-state index in [1.165, 1.54) is 18.2 Å². The molecule has 0 fully saturated rings. The van der Waals surface area contributed by atoms with Crippen LogP contribution >= 0.6 is 0 Å². The van der Waals surface area contributed by atoms with Gasteiger partial charge in [0.2, 0.25) is 0 Å². The van der Waals surface area contributed by atoms with E-state index in [-0.39, 0.29) is 33.8 Å². The maximum absolute atomic E-state index is 12.5. The smallest absolute Gasteiger partial charge is 0.347 e. The van der Waals surface area contributed by atoms with Crippen molar-refractivity contribution >= 4 is 27.7 Å². The summed E-state index contributed by atoms with van der Waals surface area (Å²) in [6, 6.07) is 9.27. The van der Waals surface area contributed by atoms with Gasteiger partial charge in [-0.2, -0.15) is 0 Å². The number of phenols is 1. The molecule has 0 saturated heterocycles. The summed E-state index contributed by atoms with van der Waals surface area (Å²) in [6.07, 6.45) is 0. The standard InChI is InChI=1S/C20H17N3O5/c1-20(2,3)11-6-10-7-13(19(25)28-17(10)16(24)8-11)18-21-14-5-4-12(23(26)27)9-15(14)22-18/h4-9,24H,1-3H3,(H,21,22). The second-order valence-electron chi connectivity index (χ2n) is 7.66. The SMILES string of the molecule is CC(C)(C)c1cc(O)c2oc(=O)c(-c3nc4ccc([N+](=O)[O-])cc4[nH]3)cc2c1. The van der Waals surface area contributed by atoms with Crippen molar-refractivity contribution in [1.82, 2.24) is 9.97 Å². The molecule has 2 aromatic heterocycles. The number of hydrogen-bond donors (Lipinski definition) is 2. The molecule has 2 N–H and O–H groups in total. The Labute approximate surface area is 158 Å². The molecule has 0 radical (unpaired) electrons. The summed E-state index contributed by atoms with van der Waals surface area (Å²) in [5, 5.41) is 21.8. The summed E-state index contributed by atoms with van der Waals surface area (Å²) in [5.74, 6) is 0.137. The molecule has 0 bridgehead atoms. The molecular weight excluding hydrogens is 362 g/mol. The van der Waals surface area contributed by atoms with E-state index < -0.39 is 10.5 Å². The van der Waals surface area contributed by atoms with Gasteiger partial charge in [0.15, 0.2) is 11.3 Å². The Morgan fingerprint density at radius 2 is 1.93 bits per heavy atom. The van der Waals surface area contributed by atoms with Crippen LogP contribution in [-0.2, 0) is 5.41 Å². The fraction of sp³-hybridized carbons (Fsp3) is 0.200. The number of hydrogen-bond acceptors (Lipinski definition) is 6. The largest absolute Gasteiger partial charge is 0.504 e. The van der Waals surface area contributed by atoms with Crippen molar-refractivity contribution in [3.63, 3.8) is 0 Å². The van der Waals surface area contributed by atoms with Gasteiger partial charge in [0.25, 0.3) is 5.69 Å². The zero-order valence-corrected chi connectivity index (χ0v) is 15.4. The van der Waals surface area contributed by atoms with E-state index in [2.05, 4.69) is 9.97 Å². The van der Waals surface area contributed by atoms with E-state index in [0.717, 1.165) is 5.56 Å². The number of rotatable bonds is 2. The number of aromatic hydroxyl groups is 1. The van der Waals surface area contributed by atoms with Crippen LogP contribution in [0.1, 0.15) is 26.3 Å². The molecule has 28 heavy (non-hydrogen) atoms. The van der Waals surface area contributed by atoms with Crippen molar-refractivity contribution in [3.8, 4) is 17.1 Å². The Morgan fingerprint density at radius 1 is 1.18 bits per heavy atom. The van der Waals surface area contributed by atoms with Gasteiger partial charge >= 0.3 is 5.63 Å². The first-order valence-electron chi connectivity index (χ1n) is 8.59. The number of nitrogens with zero attached hydrogens (tertiary/aromatic N) is 2. The fourth-order valence-electron chi connectivity index (χ4n) is 3.05. The van der Waals surface area contributed by atoms with Gasteiger partial charge in [-0.25, -0.2) is 9.78 Å². The lowest BCUT2D eigenvalue weighted by Crippen LogP contribution is -2.11. The highest BCUT2D eigenvalue weighted by Gasteiger charge is 2.20. The van der Waals surface area contributed by atoms with Crippen LogP contribution in [0.25, 0.3) is 33.4 Å². The lowest BCUT2D eigenvalue weighted by molar-refractivity contribution is -0.384. The third-order valence-corrected chi connectivity index (χ3v) is 4.61. The molecule has 8 heteroatoms. The lowest BCUT2D eigenvalue weighted by atomic mass is 9.86. The van der Waals surface area contributed by atoms with Gasteiger partial charge in [-0.15, -0.1) is 0 Å². The number of aromatic amines is 1. The van der Waals surface area contributed by atoms with Crippen molar-refractivity contribution in [2.75, 3.05) is 0 Å². The molecule has 142 valence electrons. The number of nitrogens with one attached hydrogen (secondary N) is 1. The van der Waals surface area contributed by atoms with E-state index in [1.54, 1.807) is 12.1 Å². The number of benzene rings is 2. The van der Waals surface area contributed by atoms with Gasteiger partial charge in [0.1, 0.15) is 11.4 Å². The van der Waals surface area contributed by atoms with Crippen LogP contribution in [0.5, 0.6) is 5.75 Å². The maximum atomic E-state index is 12.5. The second kappa shape index (κ2) is 5.91. The first kappa shape index (κ1) is 17.7. The van der Waals surface area contributed by atoms with Crippen molar-refractivity contribution in [2.45, 2.75) is 26.2 Å². The number of H-pyrrole nitrogens is 1. The average Bonchev–Trinajstić information content (AvgIpc) is 3.03. The Morgan fingerprint density at radius 3 is 2.61 bits per heavy atom. The second-order valence-corrected chi connectivity index (χ2v) is 7.66. The van der Waals surface area contributed by atoms with Crippen molar-refractivity contribution in [3.05, 3.63) is 62.5 Å².